The molecule has 0 bridgehead atoms. The first-order chi connectivity index (χ1) is 11.9. The molecule has 6 heteroatoms. The lowest BCUT2D eigenvalue weighted by Crippen LogP contribution is -2.48. The molecule has 2 aromatic carbocycles. The Kier molecular flexibility index (Phi) is 6.39. The highest BCUT2D eigenvalue weighted by Gasteiger charge is 2.15. The van der Waals surface area contributed by atoms with Crippen LogP contribution in [0.1, 0.15) is 18.1 Å². The minimum Gasteiger partial charge on any atom is -0.484 e. The summed E-state index contributed by atoms with van der Waals surface area (Å²) in [6.07, 6.45) is -0.750. The molecule has 2 N–H and O–H groups in total. The van der Waals surface area contributed by atoms with Gasteiger partial charge in [-0.15, -0.1) is 0 Å². The molecule has 0 aliphatic carbocycles. The zero-order valence-electron chi connectivity index (χ0n) is 14.5. The fourth-order valence-electron chi connectivity index (χ4n) is 2.00. The van der Waals surface area contributed by atoms with Gasteiger partial charge >= 0.3 is 0 Å². The van der Waals surface area contributed by atoms with Crippen molar-refractivity contribution in [3.63, 3.8) is 0 Å². The summed E-state index contributed by atoms with van der Waals surface area (Å²) in [6.45, 7) is 5.31. The van der Waals surface area contributed by atoms with Gasteiger partial charge in [-0.3, -0.25) is 20.4 Å². The van der Waals surface area contributed by atoms with Crippen molar-refractivity contribution in [2.75, 3.05) is 6.61 Å². The largest absolute Gasteiger partial charge is 0.484 e. The summed E-state index contributed by atoms with van der Waals surface area (Å²) in [4.78, 5) is 23.7. The van der Waals surface area contributed by atoms with Crippen LogP contribution in [0.5, 0.6) is 11.5 Å². The molecule has 1 atom stereocenters. The molecule has 2 aromatic rings. The molecular formula is C19H22N2O4. The van der Waals surface area contributed by atoms with Gasteiger partial charge in [0.2, 0.25) is 0 Å². The van der Waals surface area contributed by atoms with Gasteiger partial charge in [-0.2, -0.15) is 0 Å². The molecule has 25 heavy (non-hydrogen) atoms. The summed E-state index contributed by atoms with van der Waals surface area (Å²) in [6, 6.07) is 14.7. The van der Waals surface area contributed by atoms with Gasteiger partial charge in [0.1, 0.15) is 11.5 Å². The van der Waals surface area contributed by atoms with Crippen LogP contribution in [-0.2, 0) is 9.59 Å². The second-order valence-corrected chi connectivity index (χ2v) is 5.72. The number of aryl methyl sites for hydroxylation is 2. The highest BCUT2D eigenvalue weighted by molar-refractivity contribution is 5.85. The molecule has 0 aromatic heterocycles. The Morgan fingerprint density at radius 1 is 0.960 bits per heavy atom. The zero-order chi connectivity index (χ0) is 18.2. The molecule has 0 radical (unpaired) electrons. The van der Waals surface area contributed by atoms with E-state index in [9.17, 15) is 9.59 Å². The van der Waals surface area contributed by atoms with Gasteiger partial charge in [0.15, 0.2) is 12.7 Å². The standard InChI is InChI=1S/C19H22N2O4/c1-13-7-9-16(10-8-13)24-12-18(22)20-21-19(23)15(3)25-17-6-4-5-14(2)11-17/h4-11,15H,12H2,1-3H3,(H,20,22)(H,21,23). The molecular weight excluding hydrogens is 320 g/mol. The fourth-order valence-corrected chi connectivity index (χ4v) is 2.00. The average Bonchev–Trinajstić information content (AvgIpc) is 2.59. The van der Waals surface area contributed by atoms with Gasteiger partial charge in [0, 0.05) is 0 Å². The van der Waals surface area contributed by atoms with Crippen LogP contribution in [-0.4, -0.2) is 24.5 Å². The SMILES string of the molecule is Cc1ccc(OCC(=O)NNC(=O)C(C)Oc2cccc(C)c2)cc1. The highest BCUT2D eigenvalue weighted by atomic mass is 16.5. The summed E-state index contributed by atoms with van der Waals surface area (Å²) in [5.74, 6) is 0.266. The van der Waals surface area contributed by atoms with E-state index in [1.807, 2.05) is 44.2 Å². The van der Waals surface area contributed by atoms with Crippen molar-refractivity contribution in [1.82, 2.24) is 10.9 Å². The van der Waals surface area contributed by atoms with E-state index in [2.05, 4.69) is 10.9 Å². The topological polar surface area (TPSA) is 76.7 Å². The maximum Gasteiger partial charge on any atom is 0.279 e. The van der Waals surface area contributed by atoms with Crippen molar-refractivity contribution < 1.29 is 19.1 Å². The smallest absolute Gasteiger partial charge is 0.279 e. The first-order valence-electron chi connectivity index (χ1n) is 7.95. The number of hydrazine groups is 1. The van der Waals surface area contributed by atoms with E-state index in [0.29, 0.717) is 11.5 Å². The molecule has 132 valence electrons. The number of rotatable bonds is 6. The first-order valence-corrected chi connectivity index (χ1v) is 7.95. The summed E-state index contributed by atoms with van der Waals surface area (Å²) in [7, 11) is 0. The summed E-state index contributed by atoms with van der Waals surface area (Å²) < 4.78 is 10.9. The summed E-state index contributed by atoms with van der Waals surface area (Å²) in [5, 5.41) is 0. The summed E-state index contributed by atoms with van der Waals surface area (Å²) in [5.41, 5.74) is 6.75. The molecule has 6 nitrogen and oxygen atoms in total. The highest BCUT2D eigenvalue weighted by Crippen LogP contribution is 2.14. The number of carbonyl (C=O) groups excluding carboxylic acids is 2. The molecule has 0 aliphatic heterocycles. The van der Waals surface area contributed by atoms with Crippen LogP contribution in [0.3, 0.4) is 0 Å². The van der Waals surface area contributed by atoms with Crippen LogP contribution in [0.25, 0.3) is 0 Å². The van der Waals surface area contributed by atoms with Gasteiger partial charge in [-0.25, -0.2) is 0 Å². The second-order valence-electron chi connectivity index (χ2n) is 5.72. The van der Waals surface area contributed by atoms with Gasteiger partial charge < -0.3 is 9.47 Å². The number of amides is 2. The van der Waals surface area contributed by atoms with Gasteiger partial charge in [-0.05, 0) is 50.6 Å². The minimum atomic E-state index is -0.750. The monoisotopic (exact) mass is 342 g/mol. The Morgan fingerprint density at radius 2 is 1.68 bits per heavy atom. The van der Waals surface area contributed by atoms with E-state index in [-0.39, 0.29) is 6.61 Å². The van der Waals surface area contributed by atoms with Crippen LogP contribution in [0.4, 0.5) is 0 Å². The molecule has 1 unspecified atom stereocenters. The van der Waals surface area contributed by atoms with E-state index in [4.69, 9.17) is 9.47 Å². The van der Waals surface area contributed by atoms with Crippen LogP contribution in [0.15, 0.2) is 48.5 Å². The van der Waals surface area contributed by atoms with Crippen molar-refractivity contribution >= 4 is 11.8 Å². The van der Waals surface area contributed by atoms with Crippen LogP contribution >= 0.6 is 0 Å². The van der Waals surface area contributed by atoms with Gasteiger partial charge in [0.05, 0.1) is 0 Å². The third kappa shape index (κ3) is 6.18. The van der Waals surface area contributed by atoms with Crippen molar-refractivity contribution in [1.29, 1.82) is 0 Å². The van der Waals surface area contributed by atoms with Crippen LogP contribution in [0, 0.1) is 13.8 Å². The van der Waals surface area contributed by atoms with Crippen molar-refractivity contribution in [2.24, 2.45) is 0 Å². The van der Waals surface area contributed by atoms with Crippen molar-refractivity contribution in [2.45, 2.75) is 26.9 Å². The lowest BCUT2D eigenvalue weighted by molar-refractivity contribution is -0.133. The molecule has 0 fully saturated rings. The molecule has 0 saturated carbocycles. The number of carbonyl (C=O) groups is 2. The zero-order valence-corrected chi connectivity index (χ0v) is 14.5. The van der Waals surface area contributed by atoms with Crippen molar-refractivity contribution in [3.05, 3.63) is 59.7 Å². The Balaban J connectivity index is 1.72. The van der Waals surface area contributed by atoms with Gasteiger partial charge in [-0.1, -0.05) is 29.8 Å². The number of ether oxygens (including phenoxy) is 2. The maximum atomic E-state index is 12.0. The fraction of sp³-hybridized carbons (Fsp3) is 0.263. The number of benzene rings is 2. The third-order valence-corrected chi connectivity index (χ3v) is 3.39. The Labute approximate surface area is 147 Å². The Hall–Kier alpha value is -3.02. The third-order valence-electron chi connectivity index (χ3n) is 3.39. The van der Waals surface area contributed by atoms with Crippen LogP contribution in [0.2, 0.25) is 0 Å². The number of hydrogen-bond donors (Lipinski definition) is 2. The lowest BCUT2D eigenvalue weighted by atomic mass is 10.2. The summed E-state index contributed by atoms with van der Waals surface area (Å²) >= 11 is 0. The van der Waals surface area contributed by atoms with Crippen LogP contribution < -0.4 is 20.3 Å². The first kappa shape index (κ1) is 18.3. The molecule has 0 spiro atoms. The normalized spacial score (nSPS) is 11.3. The molecule has 0 saturated heterocycles. The second kappa shape index (κ2) is 8.73. The van der Waals surface area contributed by atoms with E-state index < -0.39 is 17.9 Å². The van der Waals surface area contributed by atoms with E-state index in [1.54, 1.807) is 25.1 Å². The molecule has 2 rings (SSSR count). The van der Waals surface area contributed by atoms with E-state index >= 15 is 0 Å². The lowest BCUT2D eigenvalue weighted by Gasteiger charge is -2.15. The molecule has 0 aliphatic rings. The predicted molar refractivity (Wildman–Crippen MR) is 94.2 cm³/mol. The van der Waals surface area contributed by atoms with E-state index in [1.165, 1.54) is 0 Å². The predicted octanol–water partition coefficient (Wildman–Crippen LogP) is 2.30. The maximum absolute atomic E-state index is 12.0. The van der Waals surface area contributed by atoms with Crippen molar-refractivity contribution in [3.8, 4) is 11.5 Å². The number of hydrogen-bond acceptors (Lipinski definition) is 4. The average molecular weight is 342 g/mol. The quantitative estimate of drug-likeness (QED) is 0.790. The van der Waals surface area contributed by atoms with Gasteiger partial charge in [0.25, 0.3) is 11.8 Å². The Morgan fingerprint density at radius 3 is 2.36 bits per heavy atom. The minimum absolute atomic E-state index is 0.198. The molecule has 2 amide bonds. The van der Waals surface area contributed by atoms with E-state index in [0.717, 1.165) is 11.1 Å². The Bertz CT molecular complexity index is 728. The molecule has 0 heterocycles. The number of nitrogens with one attached hydrogen (secondary N) is 2.